The maximum atomic E-state index is 11.5. The number of rotatable bonds is 1. The number of esters is 2. The van der Waals surface area contributed by atoms with E-state index < -0.39 is 11.9 Å². The molecule has 18 heavy (non-hydrogen) atoms. The van der Waals surface area contributed by atoms with Gasteiger partial charge in [-0.1, -0.05) is 28.4 Å². The first-order chi connectivity index (χ1) is 8.58. The van der Waals surface area contributed by atoms with Crippen LogP contribution < -0.4 is 0 Å². The van der Waals surface area contributed by atoms with Crippen LogP contribution in [-0.4, -0.2) is 26.9 Å². The molecule has 1 aromatic carbocycles. The average Bonchev–Trinajstić information content (AvgIpc) is 2.87. The first-order valence-electron chi connectivity index (χ1n) is 4.75. The fourth-order valence-corrected chi connectivity index (χ4v) is 1.87. The van der Waals surface area contributed by atoms with Gasteiger partial charge in [-0.3, -0.25) is 0 Å². The van der Waals surface area contributed by atoms with Crippen molar-refractivity contribution in [3.63, 3.8) is 0 Å². The van der Waals surface area contributed by atoms with Gasteiger partial charge in [0.15, 0.2) is 5.69 Å². The summed E-state index contributed by atoms with van der Waals surface area (Å²) in [5.74, 6) is -1.59. The van der Waals surface area contributed by atoms with Crippen molar-refractivity contribution >= 4 is 35.1 Å². The predicted octanol–water partition coefficient (Wildman–Crippen LogP) is 1.88. The molecule has 0 fully saturated rings. The molecule has 0 radical (unpaired) electrons. The minimum Gasteiger partial charge on any atom is -0.383 e. The molecular formula is C10H3Cl2N3O3. The normalized spacial score (nSPS) is 13.7. The number of halogens is 2. The molecule has 2 heterocycles. The Hall–Kier alpha value is -1.92. The van der Waals surface area contributed by atoms with Crippen molar-refractivity contribution in [3.05, 3.63) is 39.6 Å². The van der Waals surface area contributed by atoms with E-state index in [1.807, 2.05) is 0 Å². The van der Waals surface area contributed by atoms with Crippen LogP contribution in [0.25, 0.3) is 5.69 Å². The largest absolute Gasteiger partial charge is 0.383 e. The second kappa shape index (κ2) is 3.79. The third-order valence-corrected chi connectivity index (χ3v) is 3.13. The van der Waals surface area contributed by atoms with Crippen LogP contribution in [0.5, 0.6) is 0 Å². The van der Waals surface area contributed by atoms with Crippen molar-refractivity contribution in [2.24, 2.45) is 0 Å². The molecule has 1 aliphatic heterocycles. The van der Waals surface area contributed by atoms with Crippen LogP contribution in [0.1, 0.15) is 21.0 Å². The van der Waals surface area contributed by atoms with E-state index in [4.69, 9.17) is 23.2 Å². The van der Waals surface area contributed by atoms with Gasteiger partial charge in [0, 0.05) is 0 Å². The van der Waals surface area contributed by atoms with Gasteiger partial charge in [-0.25, -0.2) is 14.3 Å². The first kappa shape index (κ1) is 11.2. The third kappa shape index (κ3) is 1.50. The highest BCUT2D eigenvalue weighted by atomic mass is 35.5. The van der Waals surface area contributed by atoms with Gasteiger partial charge < -0.3 is 4.74 Å². The molecule has 90 valence electrons. The molecular weight excluding hydrogens is 281 g/mol. The zero-order valence-electron chi connectivity index (χ0n) is 8.55. The van der Waals surface area contributed by atoms with Crippen LogP contribution >= 0.6 is 23.2 Å². The highest BCUT2D eigenvalue weighted by Crippen LogP contribution is 2.26. The van der Waals surface area contributed by atoms with Gasteiger partial charge in [0.1, 0.15) is 0 Å². The summed E-state index contributed by atoms with van der Waals surface area (Å²) in [5.41, 5.74) is 0.342. The zero-order chi connectivity index (χ0) is 12.9. The summed E-state index contributed by atoms with van der Waals surface area (Å²) in [7, 11) is 0. The Morgan fingerprint density at radius 2 is 1.89 bits per heavy atom. The molecule has 1 aromatic heterocycles. The average molecular weight is 284 g/mol. The Bertz CT molecular complexity index is 696. The number of nitrogens with zero attached hydrogens (tertiary/aromatic N) is 3. The van der Waals surface area contributed by atoms with Gasteiger partial charge in [-0.15, -0.1) is 5.10 Å². The Morgan fingerprint density at radius 3 is 2.61 bits per heavy atom. The van der Waals surface area contributed by atoms with E-state index in [1.54, 1.807) is 12.1 Å². The highest BCUT2D eigenvalue weighted by molar-refractivity contribution is 6.42. The van der Waals surface area contributed by atoms with Crippen LogP contribution in [0.15, 0.2) is 18.2 Å². The molecule has 0 saturated carbocycles. The molecule has 6 nitrogen and oxygen atoms in total. The number of hydrogen-bond donors (Lipinski definition) is 0. The molecule has 0 bridgehead atoms. The Labute approximate surface area is 110 Å². The summed E-state index contributed by atoms with van der Waals surface area (Å²) in [5, 5.41) is 7.99. The Balaban J connectivity index is 2.19. The lowest BCUT2D eigenvalue weighted by Crippen LogP contribution is -2.08. The van der Waals surface area contributed by atoms with E-state index in [0.29, 0.717) is 15.7 Å². The van der Waals surface area contributed by atoms with Crippen molar-refractivity contribution in [1.29, 1.82) is 0 Å². The van der Waals surface area contributed by atoms with E-state index >= 15 is 0 Å². The second-order valence-electron chi connectivity index (χ2n) is 3.47. The molecule has 3 rings (SSSR count). The molecule has 0 amide bonds. The van der Waals surface area contributed by atoms with Crippen LogP contribution in [0.3, 0.4) is 0 Å². The van der Waals surface area contributed by atoms with Gasteiger partial charge >= 0.3 is 11.9 Å². The Kier molecular flexibility index (Phi) is 2.36. The topological polar surface area (TPSA) is 74.1 Å². The van der Waals surface area contributed by atoms with E-state index in [9.17, 15) is 9.59 Å². The molecule has 0 spiro atoms. The number of carbonyl (C=O) groups is 2. The number of fused-ring (bicyclic) bond motifs is 1. The molecule has 1 aliphatic rings. The van der Waals surface area contributed by atoms with Crippen LogP contribution in [0.4, 0.5) is 0 Å². The van der Waals surface area contributed by atoms with Crippen molar-refractivity contribution in [3.8, 4) is 5.69 Å². The van der Waals surface area contributed by atoms with Gasteiger partial charge in [0.25, 0.3) is 0 Å². The standard InChI is InChI=1S/C10H3Cl2N3O3/c11-5-2-1-4(3-6(5)12)15-8-7(13-14-15)9(16)18-10(8)17/h1-3H. The summed E-state index contributed by atoms with van der Waals surface area (Å²) in [6.45, 7) is 0. The summed E-state index contributed by atoms with van der Waals surface area (Å²) < 4.78 is 5.61. The number of cyclic esters (lactones) is 2. The van der Waals surface area contributed by atoms with E-state index in [0.717, 1.165) is 0 Å². The van der Waals surface area contributed by atoms with Crippen molar-refractivity contribution in [1.82, 2.24) is 15.0 Å². The second-order valence-corrected chi connectivity index (χ2v) is 4.29. The molecule has 0 saturated heterocycles. The van der Waals surface area contributed by atoms with Gasteiger partial charge in [0.05, 0.1) is 15.7 Å². The molecule has 0 unspecified atom stereocenters. The maximum Gasteiger partial charge on any atom is 0.369 e. The minimum absolute atomic E-state index is 0.0154. The highest BCUT2D eigenvalue weighted by Gasteiger charge is 2.37. The van der Waals surface area contributed by atoms with Crippen molar-refractivity contribution < 1.29 is 14.3 Å². The minimum atomic E-state index is -0.804. The van der Waals surface area contributed by atoms with Crippen molar-refractivity contribution in [2.45, 2.75) is 0 Å². The monoisotopic (exact) mass is 283 g/mol. The van der Waals surface area contributed by atoms with Crippen molar-refractivity contribution in [2.75, 3.05) is 0 Å². The SMILES string of the molecule is O=C1OC(=O)c2c1nnn2-c1ccc(Cl)c(Cl)c1. The fourth-order valence-electron chi connectivity index (χ4n) is 1.58. The lowest BCUT2D eigenvalue weighted by atomic mass is 10.3. The lowest BCUT2D eigenvalue weighted by molar-refractivity contribution is 0.0434. The number of carbonyl (C=O) groups excluding carboxylic acids is 2. The summed E-state index contributed by atoms with van der Waals surface area (Å²) >= 11 is 11.7. The fraction of sp³-hybridized carbons (Fsp3) is 0. The molecule has 0 aliphatic carbocycles. The number of aromatic nitrogens is 3. The van der Waals surface area contributed by atoms with Gasteiger partial charge in [-0.05, 0) is 18.2 Å². The summed E-state index contributed by atoms with van der Waals surface area (Å²) in [6.07, 6.45) is 0. The number of ether oxygens (including phenoxy) is 1. The van der Waals surface area contributed by atoms with Gasteiger partial charge in [0.2, 0.25) is 5.69 Å². The van der Waals surface area contributed by atoms with Crippen LogP contribution in [-0.2, 0) is 4.74 Å². The molecule has 0 atom stereocenters. The number of benzene rings is 1. The van der Waals surface area contributed by atoms with Crippen LogP contribution in [0, 0.1) is 0 Å². The third-order valence-electron chi connectivity index (χ3n) is 2.39. The van der Waals surface area contributed by atoms with E-state index in [-0.39, 0.29) is 11.4 Å². The van der Waals surface area contributed by atoms with Crippen LogP contribution in [0.2, 0.25) is 10.0 Å². The molecule has 2 aromatic rings. The maximum absolute atomic E-state index is 11.5. The predicted molar refractivity (Wildman–Crippen MR) is 61.1 cm³/mol. The summed E-state index contributed by atoms with van der Waals surface area (Å²) in [6, 6.07) is 4.66. The number of hydrogen-bond acceptors (Lipinski definition) is 5. The lowest BCUT2D eigenvalue weighted by Gasteiger charge is -2.03. The molecule has 8 heteroatoms. The Morgan fingerprint density at radius 1 is 1.11 bits per heavy atom. The molecule has 0 N–H and O–H groups in total. The van der Waals surface area contributed by atoms with E-state index in [2.05, 4.69) is 15.0 Å². The summed E-state index contributed by atoms with van der Waals surface area (Å²) in [4.78, 5) is 22.7. The first-order valence-corrected chi connectivity index (χ1v) is 5.51. The van der Waals surface area contributed by atoms with E-state index in [1.165, 1.54) is 10.7 Å². The quantitative estimate of drug-likeness (QED) is 0.590. The van der Waals surface area contributed by atoms with Gasteiger partial charge in [-0.2, -0.15) is 0 Å². The smallest absolute Gasteiger partial charge is 0.369 e. The zero-order valence-corrected chi connectivity index (χ0v) is 10.1.